The Kier molecular flexibility index (Phi) is 6.33. The topological polar surface area (TPSA) is 20.2 Å². The van der Waals surface area contributed by atoms with Crippen LogP contribution < -0.4 is 5.30 Å². The average molecular weight is 279 g/mol. The van der Waals surface area contributed by atoms with Gasteiger partial charge in [0.1, 0.15) is 5.30 Å². The van der Waals surface area contributed by atoms with Crippen molar-refractivity contribution in [1.82, 2.24) is 0 Å². The molecule has 1 nitrogen and oxygen atoms in total. The highest BCUT2D eigenvalue weighted by Gasteiger charge is 2.37. The first-order valence-electron chi connectivity index (χ1n) is 6.00. The lowest BCUT2D eigenvalue weighted by molar-refractivity contribution is 0.479. The van der Waals surface area contributed by atoms with Crippen molar-refractivity contribution in [3.05, 3.63) is 60.7 Å². The van der Waals surface area contributed by atoms with Gasteiger partial charge in [-0.2, -0.15) is 0 Å². The normalized spacial score (nSPS) is 15.7. The number of aromatic hydroxyl groups is 1. The maximum absolute atomic E-state index is 10.1. The minimum Gasteiger partial charge on any atom is -0.504 e. The highest BCUT2D eigenvalue weighted by molar-refractivity contribution is 8.37. The molecule has 0 aliphatic heterocycles. The number of benzene rings is 1. The zero-order valence-corrected chi connectivity index (χ0v) is 12.9. The lowest BCUT2D eigenvalue weighted by Crippen LogP contribution is -2.08. The number of hydrogen-bond donors (Lipinski definition) is 1. The molecule has 1 N–H and O–H groups in total. The Balaban J connectivity index is 3.32. The standard InChI is InChI=1S/C15H20OP2/c1-4-11-17-18(12-5-2,13-6-3)15-10-8-7-9-14(15)16/h4-11,13,17H,2,12H2,1,3H3/p+1/b11-4+,13-6+. The van der Waals surface area contributed by atoms with Crippen LogP contribution in [0.4, 0.5) is 0 Å². The van der Waals surface area contributed by atoms with E-state index in [0.717, 1.165) is 11.5 Å². The van der Waals surface area contributed by atoms with E-state index in [9.17, 15) is 5.11 Å². The molecule has 0 aliphatic carbocycles. The molecule has 0 aromatic heterocycles. The van der Waals surface area contributed by atoms with Crippen LogP contribution >= 0.6 is 15.2 Å². The van der Waals surface area contributed by atoms with Gasteiger partial charge in [0, 0.05) is 0 Å². The third kappa shape index (κ3) is 3.55. The highest BCUT2D eigenvalue weighted by Crippen LogP contribution is 2.75. The van der Waals surface area contributed by atoms with E-state index in [-0.39, 0.29) is 0 Å². The quantitative estimate of drug-likeness (QED) is 0.581. The largest absolute Gasteiger partial charge is 0.504 e. The molecule has 0 radical (unpaired) electrons. The predicted molar refractivity (Wildman–Crippen MR) is 87.7 cm³/mol. The van der Waals surface area contributed by atoms with Gasteiger partial charge >= 0.3 is 0 Å². The van der Waals surface area contributed by atoms with E-state index in [4.69, 9.17) is 0 Å². The Labute approximate surface area is 112 Å². The fourth-order valence-corrected chi connectivity index (χ4v) is 8.49. The van der Waals surface area contributed by atoms with Crippen LogP contribution in [0.5, 0.6) is 5.75 Å². The molecular formula is C15H21OP2+. The number of allylic oxidation sites excluding steroid dienone is 3. The fourth-order valence-electron chi connectivity index (χ4n) is 1.87. The van der Waals surface area contributed by atoms with Gasteiger partial charge in [0.25, 0.3) is 0 Å². The summed E-state index contributed by atoms with van der Waals surface area (Å²) in [5.74, 6) is 4.90. The number of phenolic OH excluding ortho intramolecular Hbond substituents is 1. The number of phenols is 1. The summed E-state index contributed by atoms with van der Waals surface area (Å²) < 4.78 is 0. The van der Waals surface area contributed by atoms with Crippen LogP contribution in [0, 0.1) is 0 Å². The monoisotopic (exact) mass is 279 g/mol. The molecule has 0 bridgehead atoms. The molecule has 18 heavy (non-hydrogen) atoms. The molecule has 0 aliphatic rings. The van der Waals surface area contributed by atoms with E-state index >= 15 is 0 Å². The summed E-state index contributed by atoms with van der Waals surface area (Å²) in [5, 5.41) is 11.2. The van der Waals surface area contributed by atoms with Crippen molar-refractivity contribution < 1.29 is 5.11 Å². The van der Waals surface area contributed by atoms with Crippen LogP contribution in [0.15, 0.2) is 60.7 Å². The van der Waals surface area contributed by atoms with Crippen molar-refractivity contribution >= 4 is 20.5 Å². The molecule has 0 saturated heterocycles. The smallest absolute Gasteiger partial charge is 0.158 e. The van der Waals surface area contributed by atoms with Gasteiger partial charge in [0.05, 0.1) is 27.2 Å². The van der Waals surface area contributed by atoms with E-state index in [0.29, 0.717) is 14.0 Å². The number of hydrogen-bond acceptors (Lipinski definition) is 1. The molecule has 1 aromatic rings. The predicted octanol–water partition coefficient (Wildman–Crippen LogP) is 4.88. The van der Waals surface area contributed by atoms with Crippen molar-refractivity contribution in [1.29, 1.82) is 0 Å². The second-order valence-corrected chi connectivity index (χ2v) is 10.6. The van der Waals surface area contributed by atoms with E-state index < -0.39 is 6.95 Å². The van der Waals surface area contributed by atoms with Crippen molar-refractivity contribution in [2.75, 3.05) is 6.16 Å². The van der Waals surface area contributed by atoms with Crippen LogP contribution in [-0.2, 0) is 0 Å². The zero-order valence-electron chi connectivity index (χ0n) is 11.0. The lowest BCUT2D eigenvalue weighted by atomic mass is 10.3. The fraction of sp³-hybridized carbons (Fsp3) is 0.200. The Hall–Kier alpha value is -0.900. The van der Waals surface area contributed by atoms with Crippen LogP contribution in [0.25, 0.3) is 0 Å². The maximum atomic E-state index is 10.1. The summed E-state index contributed by atoms with van der Waals surface area (Å²) in [6.45, 7) is 6.45. The van der Waals surface area contributed by atoms with E-state index in [1.54, 1.807) is 6.07 Å². The first kappa shape index (κ1) is 15.2. The van der Waals surface area contributed by atoms with E-state index in [1.165, 1.54) is 0 Å². The molecule has 0 saturated carbocycles. The molecule has 96 valence electrons. The molecule has 1 rings (SSSR count). The second kappa shape index (κ2) is 7.52. The van der Waals surface area contributed by atoms with Crippen molar-refractivity contribution in [3.8, 4) is 5.75 Å². The minimum absolute atomic E-state index is 0.405. The van der Waals surface area contributed by atoms with Crippen molar-refractivity contribution in [3.63, 3.8) is 0 Å². The summed E-state index contributed by atoms with van der Waals surface area (Å²) in [6, 6.07) is 7.69. The van der Waals surface area contributed by atoms with Gasteiger partial charge in [-0.1, -0.05) is 36.9 Å². The van der Waals surface area contributed by atoms with Crippen LogP contribution in [0.3, 0.4) is 0 Å². The van der Waals surface area contributed by atoms with E-state index in [2.05, 4.69) is 30.4 Å². The number of para-hydroxylation sites is 1. The van der Waals surface area contributed by atoms with Crippen molar-refractivity contribution in [2.24, 2.45) is 0 Å². The van der Waals surface area contributed by atoms with E-state index in [1.807, 2.05) is 38.1 Å². The van der Waals surface area contributed by atoms with Gasteiger partial charge in [0.2, 0.25) is 0 Å². The van der Waals surface area contributed by atoms with Crippen LogP contribution in [0.2, 0.25) is 0 Å². The molecule has 2 unspecified atom stereocenters. The van der Waals surface area contributed by atoms with Gasteiger partial charge < -0.3 is 5.11 Å². The Morgan fingerprint density at radius 3 is 2.56 bits per heavy atom. The molecule has 0 fully saturated rings. The van der Waals surface area contributed by atoms with Gasteiger partial charge in [-0.25, -0.2) is 0 Å². The minimum atomic E-state index is -1.51. The van der Waals surface area contributed by atoms with Gasteiger partial charge in [0.15, 0.2) is 5.75 Å². The molecule has 1 aromatic carbocycles. The first-order valence-corrected chi connectivity index (χ1v) is 9.96. The molecule has 3 heteroatoms. The zero-order chi connectivity index (χ0) is 13.4. The SMILES string of the molecule is C=CC[P+](/C=C/C)(P/C=C/C)c1ccccc1O. The third-order valence-corrected chi connectivity index (χ3v) is 9.97. The summed E-state index contributed by atoms with van der Waals surface area (Å²) >= 11 is 0. The Morgan fingerprint density at radius 1 is 1.28 bits per heavy atom. The lowest BCUT2D eigenvalue weighted by Gasteiger charge is -2.21. The van der Waals surface area contributed by atoms with Crippen molar-refractivity contribution in [2.45, 2.75) is 13.8 Å². The Morgan fingerprint density at radius 2 is 2.00 bits per heavy atom. The highest BCUT2D eigenvalue weighted by atomic mass is 32.1. The summed E-state index contributed by atoms with van der Waals surface area (Å²) in [6.07, 6.45) is 7.08. The third-order valence-electron chi connectivity index (χ3n) is 2.60. The average Bonchev–Trinajstić information content (AvgIpc) is 2.37. The summed E-state index contributed by atoms with van der Waals surface area (Å²) in [4.78, 5) is 0. The molecule has 2 atom stereocenters. The van der Waals surface area contributed by atoms with Gasteiger partial charge in [-0.15, -0.1) is 0 Å². The molecular weight excluding hydrogens is 258 g/mol. The van der Waals surface area contributed by atoms with Crippen LogP contribution in [0.1, 0.15) is 13.8 Å². The summed E-state index contributed by atoms with van der Waals surface area (Å²) in [7, 11) is 0.694. The maximum Gasteiger partial charge on any atom is 0.158 e. The summed E-state index contributed by atoms with van der Waals surface area (Å²) in [5.41, 5.74) is 0. The molecule has 0 amide bonds. The molecule has 0 heterocycles. The van der Waals surface area contributed by atoms with Gasteiger partial charge in [-0.05, 0) is 31.8 Å². The Bertz CT molecular complexity index is 452. The number of rotatable bonds is 6. The second-order valence-electron chi connectivity index (χ2n) is 3.94. The van der Waals surface area contributed by atoms with Crippen LogP contribution in [-0.4, -0.2) is 11.3 Å². The first-order chi connectivity index (χ1) is 8.70. The van der Waals surface area contributed by atoms with Gasteiger partial charge in [-0.3, -0.25) is 0 Å². The molecule has 0 spiro atoms.